The van der Waals surface area contributed by atoms with E-state index in [1.54, 1.807) is 7.11 Å². The minimum Gasteiger partial charge on any atom is -0.496 e. The maximum Gasteiger partial charge on any atom is 0.127 e. The Balaban J connectivity index is 2.30. The summed E-state index contributed by atoms with van der Waals surface area (Å²) in [6.45, 7) is 4.40. The molecule has 1 heterocycles. The van der Waals surface area contributed by atoms with E-state index in [1.165, 1.54) is 5.56 Å². The lowest BCUT2D eigenvalue weighted by molar-refractivity contribution is 0.0246. The third-order valence-corrected chi connectivity index (χ3v) is 2.92. The van der Waals surface area contributed by atoms with Gasteiger partial charge in [0.25, 0.3) is 0 Å². The fraction of sp³-hybridized carbons (Fsp3) is 0.538. The van der Waals surface area contributed by atoms with Crippen LogP contribution in [0.1, 0.15) is 24.2 Å². The zero-order valence-corrected chi connectivity index (χ0v) is 9.90. The minimum atomic E-state index is 0.0650. The summed E-state index contributed by atoms with van der Waals surface area (Å²) in [6, 6.07) is 6.24. The number of methoxy groups -OCH3 is 1. The molecule has 1 unspecified atom stereocenters. The largest absolute Gasteiger partial charge is 0.496 e. The second-order valence-corrected chi connectivity index (χ2v) is 3.88. The number of morpholine rings is 1. The van der Waals surface area contributed by atoms with Crippen LogP contribution in [-0.2, 0) is 11.2 Å². The average molecular weight is 220 g/mol. The van der Waals surface area contributed by atoms with Gasteiger partial charge in [-0.3, -0.25) is 0 Å². The number of para-hydroxylation sites is 1. The molecule has 16 heavy (non-hydrogen) atoms. The fourth-order valence-electron chi connectivity index (χ4n) is 2.09. The van der Waals surface area contributed by atoms with Gasteiger partial charge in [-0.25, -0.2) is 5.32 Å². The molecule has 1 saturated heterocycles. The van der Waals surface area contributed by atoms with Crippen LogP contribution in [0.3, 0.4) is 0 Å². The molecule has 2 rings (SSSR count). The molecule has 0 N–H and O–H groups in total. The SMILES string of the molecule is CCc1cccc(C2C[N]CCO2)c1OC. The number of aryl methyl sites for hydroxylation is 1. The zero-order valence-electron chi connectivity index (χ0n) is 9.90. The van der Waals surface area contributed by atoms with Crippen LogP contribution in [0, 0.1) is 0 Å². The second-order valence-electron chi connectivity index (χ2n) is 3.88. The Hall–Kier alpha value is -1.06. The molecular weight excluding hydrogens is 202 g/mol. The highest BCUT2D eigenvalue weighted by molar-refractivity contribution is 5.43. The molecule has 0 spiro atoms. The molecule has 0 saturated carbocycles. The molecule has 0 amide bonds. The van der Waals surface area contributed by atoms with Crippen molar-refractivity contribution in [3.63, 3.8) is 0 Å². The third-order valence-electron chi connectivity index (χ3n) is 2.92. The van der Waals surface area contributed by atoms with Crippen molar-refractivity contribution < 1.29 is 9.47 Å². The van der Waals surface area contributed by atoms with Gasteiger partial charge in [0.15, 0.2) is 0 Å². The molecule has 0 aliphatic carbocycles. The summed E-state index contributed by atoms with van der Waals surface area (Å²) >= 11 is 0. The van der Waals surface area contributed by atoms with Crippen LogP contribution >= 0.6 is 0 Å². The van der Waals surface area contributed by atoms with Gasteiger partial charge in [0.05, 0.1) is 13.7 Å². The van der Waals surface area contributed by atoms with Gasteiger partial charge in [0.1, 0.15) is 11.9 Å². The third kappa shape index (κ3) is 2.20. The van der Waals surface area contributed by atoms with E-state index in [1.807, 2.05) is 0 Å². The van der Waals surface area contributed by atoms with Gasteiger partial charge in [0, 0.05) is 18.7 Å². The van der Waals surface area contributed by atoms with Gasteiger partial charge in [0.2, 0.25) is 0 Å². The number of hydrogen-bond donors (Lipinski definition) is 0. The van der Waals surface area contributed by atoms with Gasteiger partial charge in [-0.1, -0.05) is 25.1 Å². The molecule has 87 valence electrons. The van der Waals surface area contributed by atoms with E-state index in [0.717, 1.165) is 30.8 Å². The maximum absolute atomic E-state index is 5.73. The van der Waals surface area contributed by atoms with Crippen molar-refractivity contribution >= 4 is 0 Å². The molecule has 1 radical (unpaired) electrons. The van der Waals surface area contributed by atoms with Crippen LogP contribution < -0.4 is 10.1 Å². The van der Waals surface area contributed by atoms with Gasteiger partial charge in [-0.2, -0.15) is 0 Å². The number of nitrogens with zero attached hydrogens (tertiary/aromatic N) is 1. The summed E-state index contributed by atoms with van der Waals surface area (Å²) in [7, 11) is 1.72. The van der Waals surface area contributed by atoms with E-state index in [-0.39, 0.29) is 6.10 Å². The highest BCUT2D eigenvalue weighted by Crippen LogP contribution is 2.31. The van der Waals surface area contributed by atoms with Gasteiger partial charge in [-0.05, 0) is 12.0 Å². The molecular formula is C13H18NO2. The standard InChI is InChI=1S/C13H18NO2/c1-3-10-5-4-6-11(13(10)15-2)12-9-14-7-8-16-12/h4-6,12H,3,7-9H2,1-2H3. The number of rotatable bonds is 3. The Kier molecular flexibility index (Phi) is 3.80. The van der Waals surface area contributed by atoms with Crippen molar-refractivity contribution in [2.24, 2.45) is 0 Å². The van der Waals surface area contributed by atoms with Gasteiger partial charge in [-0.15, -0.1) is 0 Å². The van der Waals surface area contributed by atoms with Crippen LogP contribution in [0.4, 0.5) is 0 Å². The first kappa shape index (κ1) is 11.4. The molecule has 0 bridgehead atoms. The average Bonchev–Trinajstić information content (AvgIpc) is 2.38. The number of benzene rings is 1. The summed E-state index contributed by atoms with van der Waals surface area (Å²) < 4.78 is 11.2. The Labute approximate surface area is 96.8 Å². The molecule has 1 aromatic rings. The Bertz CT molecular complexity index is 346. The maximum atomic E-state index is 5.73. The molecule has 1 atom stereocenters. The second kappa shape index (κ2) is 5.32. The lowest BCUT2D eigenvalue weighted by Gasteiger charge is -2.25. The number of ether oxygens (including phenoxy) is 2. The molecule has 1 aliphatic heterocycles. The monoisotopic (exact) mass is 220 g/mol. The molecule has 3 nitrogen and oxygen atoms in total. The number of hydrogen-bond acceptors (Lipinski definition) is 2. The molecule has 1 aromatic carbocycles. The van der Waals surface area contributed by atoms with Crippen molar-refractivity contribution in [3.05, 3.63) is 29.3 Å². The minimum absolute atomic E-state index is 0.0650. The van der Waals surface area contributed by atoms with E-state index >= 15 is 0 Å². The van der Waals surface area contributed by atoms with Crippen molar-refractivity contribution in [1.29, 1.82) is 0 Å². The summed E-state index contributed by atoms with van der Waals surface area (Å²) in [6.07, 6.45) is 1.04. The van der Waals surface area contributed by atoms with Crippen LogP contribution in [0.25, 0.3) is 0 Å². The van der Waals surface area contributed by atoms with Crippen molar-refractivity contribution in [2.45, 2.75) is 19.4 Å². The van der Waals surface area contributed by atoms with Crippen molar-refractivity contribution in [2.75, 3.05) is 26.8 Å². The van der Waals surface area contributed by atoms with E-state index in [9.17, 15) is 0 Å². The van der Waals surface area contributed by atoms with E-state index in [2.05, 4.69) is 30.4 Å². The zero-order chi connectivity index (χ0) is 11.4. The van der Waals surface area contributed by atoms with E-state index in [0.29, 0.717) is 6.61 Å². The van der Waals surface area contributed by atoms with Crippen LogP contribution in [-0.4, -0.2) is 26.8 Å². The lowest BCUT2D eigenvalue weighted by Crippen LogP contribution is -2.28. The first-order valence-corrected chi connectivity index (χ1v) is 5.77. The highest BCUT2D eigenvalue weighted by atomic mass is 16.5. The Morgan fingerprint density at radius 2 is 2.38 bits per heavy atom. The van der Waals surface area contributed by atoms with Crippen molar-refractivity contribution in [3.8, 4) is 5.75 Å². The smallest absolute Gasteiger partial charge is 0.127 e. The van der Waals surface area contributed by atoms with Gasteiger partial charge >= 0.3 is 0 Å². The van der Waals surface area contributed by atoms with Crippen LogP contribution in [0.15, 0.2) is 18.2 Å². The fourth-order valence-corrected chi connectivity index (χ4v) is 2.09. The topological polar surface area (TPSA) is 32.6 Å². The predicted octanol–water partition coefficient (Wildman–Crippen LogP) is 1.93. The van der Waals surface area contributed by atoms with Gasteiger partial charge < -0.3 is 9.47 Å². The summed E-state index contributed by atoms with van der Waals surface area (Å²) in [4.78, 5) is 0. The predicted molar refractivity (Wildman–Crippen MR) is 62.9 cm³/mol. The summed E-state index contributed by atoms with van der Waals surface area (Å²) in [5, 5.41) is 4.39. The Morgan fingerprint density at radius 3 is 3.00 bits per heavy atom. The normalized spacial score (nSPS) is 20.8. The molecule has 1 fully saturated rings. The van der Waals surface area contributed by atoms with E-state index in [4.69, 9.17) is 9.47 Å². The quantitative estimate of drug-likeness (QED) is 0.779. The first-order chi connectivity index (χ1) is 7.86. The summed E-state index contributed by atoms with van der Waals surface area (Å²) in [5.74, 6) is 0.965. The Morgan fingerprint density at radius 1 is 1.50 bits per heavy atom. The van der Waals surface area contributed by atoms with E-state index < -0.39 is 0 Å². The molecule has 3 heteroatoms. The van der Waals surface area contributed by atoms with Crippen LogP contribution in [0.2, 0.25) is 0 Å². The highest BCUT2D eigenvalue weighted by Gasteiger charge is 2.21. The lowest BCUT2D eigenvalue weighted by atomic mass is 10.0. The molecule has 1 aliphatic rings. The first-order valence-electron chi connectivity index (χ1n) is 5.77. The van der Waals surface area contributed by atoms with Crippen LogP contribution in [0.5, 0.6) is 5.75 Å². The summed E-state index contributed by atoms with van der Waals surface area (Å²) in [5.41, 5.74) is 2.36. The molecule has 0 aromatic heterocycles. The van der Waals surface area contributed by atoms with Crippen molar-refractivity contribution in [1.82, 2.24) is 5.32 Å².